The number of rotatable bonds is 4. The van der Waals surface area contributed by atoms with Crippen LogP contribution >= 0.6 is 0 Å². The lowest BCUT2D eigenvalue weighted by molar-refractivity contribution is 0.0828. The van der Waals surface area contributed by atoms with Gasteiger partial charge >= 0.3 is 0 Å². The van der Waals surface area contributed by atoms with Gasteiger partial charge < -0.3 is 15.5 Å². The molecule has 4 heteroatoms. The van der Waals surface area contributed by atoms with E-state index in [0.717, 1.165) is 23.7 Å². The highest BCUT2D eigenvalue weighted by molar-refractivity contribution is 6.00. The van der Waals surface area contributed by atoms with Gasteiger partial charge in [0.1, 0.15) is 0 Å². The van der Waals surface area contributed by atoms with Gasteiger partial charge in [0.15, 0.2) is 0 Å². The molecule has 1 fully saturated rings. The van der Waals surface area contributed by atoms with E-state index in [0.29, 0.717) is 5.69 Å². The van der Waals surface area contributed by atoms with E-state index in [9.17, 15) is 4.79 Å². The third-order valence-corrected chi connectivity index (χ3v) is 4.08. The van der Waals surface area contributed by atoms with Gasteiger partial charge in [-0.1, -0.05) is 12.8 Å². The summed E-state index contributed by atoms with van der Waals surface area (Å²) in [5, 5.41) is 0. The molecule has 0 aliphatic heterocycles. The summed E-state index contributed by atoms with van der Waals surface area (Å²) >= 11 is 0. The zero-order valence-electron chi connectivity index (χ0n) is 12.7. The first kappa shape index (κ1) is 14.7. The summed E-state index contributed by atoms with van der Waals surface area (Å²) in [5.74, 6) is 0.766. The molecule has 4 nitrogen and oxygen atoms in total. The standard InChI is InChI=1S/C16H25N3O/c1-18(2)16(20)14-9-8-13(17)10-15(14)19(3)11-12-6-4-5-7-12/h8-10,12H,4-7,11,17H2,1-3H3. The molecule has 0 aromatic heterocycles. The first-order valence-corrected chi connectivity index (χ1v) is 7.31. The van der Waals surface area contributed by atoms with Crippen molar-refractivity contribution in [2.24, 2.45) is 5.92 Å². The Morgan fingerprint density at radius 1 is 1.25 bits per heavy atom. The van der Waals surface area contributed by atoms with Gasteiger partial charge in [0.25, 0.3) is 5.91 Å². The highest BCUT2D eigenvalue weighted by atomic mass is 16.2. The van der Waals surface area contributed by atoms with Crippen molar-refractivity contribution in [3.8, 4) is 0 Å². The molecule has 1 aromatic carbocycles. The molecule has 0 heterocycles. The largest absolute Gasteiger partial charge is 0.399 e. The number of carbonyl (C=O) groups is 1. The van der Waals surface area contributed by atoms with E-state index < -0.39 is 0 Å². The van der Waals surface area contributed by atoms with Crippen LogP contribution in [0, 0.1) is 5.92 Å². The van der Waals surface area contributed by atoms with Crippen molar-refractivity contribution >= 4 is 17.3 Å². The van der Waals surface area contributed by atoms with E-state index in [4.69, 9.17) is 5.73 Å². The average Bonchev–Trinajstić information content (AvgIpc) is 2.90. The van der Waals surface area contributed by atoms with Crippen LogP contribution in [-0.2, 0) is 0 Å². The van der Waals surface area contributed by atoms with E-state index in [1.165, 1.54) is 25.7 Å². The number of carbonyl (C=O) groups excluding carboxylic acids is 1. The Labute approximate surface area is 121 Å². The second kappa shape index (κ2) is 6.16. The van der Waals surface area contributed by atoms with Crippen LogP contribution in [0.5, 0.6) is 0 Å². The molecule has 20 heavy (non-hydrogen) atoms. The summed E-state index contributed by atoms with van der Waals surface area (Å²) in [6, 6.07) is 5.54. The maximum Gasteiger partial charge on any atom is 0.255 e. The number of hydrogen-bond acceptors (Lipinski definition) is 3. The van der Waals surface area contributed by atoms with Crippen molar-refractivity contribution in [2.45, 2.75) is 25.7 Å². The number of nitrogen functional groups attached to an aromatic ring is 1. The van der Waals surface area contributed by atoms with E-state index >= 15 is 0 Å². The number of hydrogen-bond donors (Lipinski definition) is 1. The molecule has 2 N–H and O–H groups in total. The van der Waals surface area contributed by atoms with Crippen LogP contribution in [-0.4, -0.2) is 38.5 Å². The van der Waals surface area contributed by atoms with Crippen LogP contribution in [0.1, 0.15) is 36.0 Å². The third kappa shape index (κ3) is 3.24. The maximum atomic E-state index is 12.3. The van der Waals surface area contributed by atoms with Gasteiger partial charge in [-0.05, 0) is 37.0 Å². The van der Waals surface area contributed by atoms with E-state index in [-0.39, 0.29) is 5.91 Å². The molecule has 1 aliphatic carbocycles. The van der Waals surface area contributed by atoms with Crippen LogP contribution in [0.2, 0.25) is 0 Å². The number of nitrogens with two attached hydrogens (primary N) is 1. The van der Waals surface area contributed by atoms with Crippen molar-refractivity contribution in [3.05, 3.63) is 23.8 Å². The average molecular weight is 275 g/mol. The fraction of sp³-hybridized carbons (Fsp3) is 0.562. The minimum Gasteiger partial charge on any atom is -0.399 e. The summed E-state index contributed by atoms with van der Waals surface area (Å²) in [6.07, 6.45) is 5.26. The van der Waals surface area contributed by atoms with Gasteiger partial charge in [-0.2, -0.15) is 0 Å². The van der Waals surface area contributed by atoms with Gasteiger partial charge in [0.05, 0.1) is 11.3 Å². The van der Waals surface area contributed by atoms with Gasteiger partial charge in [-0.15, -0.1) is 0 Å². The van der Waals surface area contributed by atoms with Gasteiger partial charge in [-0.3, -0.25) is 4.79 Å². The number of anilines is 2. The normalized spacial score (nSPS) is 15.3. The van der Waals surface area contributed by atoms with Gasteiger partial charge in [0, 0.05) is 33.4 Å². The molecule has 0 radical (unpaired) electrons. The Morgan fingerprint density at radius 2 is 1.90 bits per heavy atom. The number of nitrogens with zero attached hydrogens (tertiary/aromatic N) is 2. The molecule has 1 aromatic rings. The summed E-state index contributed by atoms with van der Waals surface area (Å²) in [6.45, 7) is 0.997. The second-order valence-electron chi connectivity index (χ2n) is 6.01. The molecular weight excluding hydrogens is 250 g/mol. The Hall–Kier alpha value is -1.71. The molecule has 0 spiro atoms. The second-order valence-corrected chi connectivity index (χ2v) is 6.01. The predicted octanol–water partition coefficient (Wildman–Crippen LogP) is 2.60. The molecule has 1 aliphatic rings. The maximum absolute atomic E-state index is 12.3. The summed E-state index contributed by atoms with van der Waals surface area (Å²) in [5.41, 5.74) is 8.27. The lowest BCUT2D eigenvalue weighted by Gasteiger charge is -2.26. The number of amides is 1. The topological polar surface area (TPSA) is 49.6 Å². The van der Waals surface area contributed by atoms with Crippen molar-refractivity contribution in [3.63, 3.8) is 0 Å². The first-order valence-electron chi connectivity index (χ1n) is 7.31. The summed E-state index contributed by atoms with van der Waals surface area (Å²) in [4.78, 5) is 16.1. The van der Waals surface area contributed by atoms with E-state index in [2.05, 4.69) is 11.9 Å². The molecular formula is C16H25N3O. The van der Waals surface area contributed by atoms with Crippen LogP contribution in [0.4, 0.5) is 11.4 Å². The van der Waals surface area contributed by atoms with Crippen molar-refractivity contribution in [1.82, 2.24) is 4.90 Å². The monoisotopic (exact) mass is 275 g/mol. The van der Waals surface area contributed by atoms with Crippen LogP contribution in [0.25, 0.3) is 0 Å². The van der Waals surface area contributed by atoms with Gasteiger partial charge in [-0.25, -0.2) is 0 Å². The lowest BCUT2D eigenvalue weighted by Crippen LogP contribution is -2.29. The Morgan fingerprint density at radius 3 is 2.50 bits per heavy atom. The predicted molar refractivity (Wildman–Crippen MR) is 84.1 cm³/mol. The summed E-state index contributed by atoms with van der Waals surface area (Å²) in [7, 11) is 5.61. The van der Waals surface area contributed by atoms with E-state index in [1.54, 1.807) is 25.1 Å². The Balaban J connectivity index is 2.23. The Bertz CT molecular complexity index is 479. The molecule has 0 atom stereocenters. The Kier molecular flexibility index (Phi) is 4.53. The fourth-order valence-electron chi connectivity index (χ4n) is 2.96. The zero-order chi connectivity index (χ0) is 14.7. The SMILES string of the molecule is CN(C)C(=O)c1ccc(N)cc1N(C)CC1CCCC1. The zero-order valence-corrected chi connectivity index (χ0v) is 12.7. The highest BCUT2D eigenvalue weighted by Gasteiger charge is 2.21. The molecule has 0 unspecified atom stereocenters. The van der Waals surface area contributed by atoms with Crippen LogP contribution < -0.4 is 10.6 Å². The minimum atomic E-state index is 0.0262. The quantitative estimate of drug-likeness (QED) is 0.859. The number of benzene rings is 1. The fourth-order valence-corrected chi connectivity index (χ4v) is 2.96. The van der Waals surface area contributed by atoms with Gasteiger partial charge in [0.2, 0.25) is 0 Å². The minimum absolute atomic E-state index is 0.0262. The molecule has 2 rings (SSSR count). The lowest BCUT2D eigenvalue weighted by atomic mass is 10.1. The summed E-state index contributed by atoms with van der Waals surface area (Å²) < 4.78 is 0. The third-order valence-electron chi connectivity index (χ3n) is 4.08. The molecule has 110 valence electrons. The molecule has 0 saturated heterocycles. The van der Waals surface area contributed by atoms with Crippen molar-refractivity contribution < 1.29 is 4.79 Å². The van der Waals surface area contributed by atoms with E-state index in [1.807, 2.05) is 12.1 Å². The highest BCUT2D eigenvalue weighted by Crippen LogP contribution is 2.29. The van der Waals surface area contributed by atoms with Crippen LogP contribution in [0.15, 0.2) is 18.2 Å². The van der Waals surface area contributed by atoms with Crippen LogP contribution in [0.3, 0.4) is 0 Å². The van der Waals surface area contributed by atoms with Crippen molar-refractivity contribution in [1.29, 1.82) is 0 Å². The first-order chi connectivity index (χ1) is 9.49. The molecule has 0 bridgehead atoms. The van der Waals surface area contributed by atoms with Crippen molar-refractivity contribution in [2.75, 3.05) is 38.3 Å². The smallest absolute Gasteiger partial charge is 0.255 e. The molecule has 1 amide bonds. The molecule has 1 saturated carbocycles.